The third kappa shape index (κ3) is 5.47. The number of alkyl halides is 6. The molecule has 1 N–H and O–H groups in total. The third-order valence-corrected chi connectivity index (χ3v) is 5.30. The molecule has 0 amide bonds. The number of aromatic nitrogens is 1. The average molecular weight is 467 g/mol. The second kappa shape index (κ2) is 9.18. The number of allylic oxidation sites excluding steroid dienone is 1. The Kier molecular flexibility index (Phi) is 6.94. The fraction of sp³-hybridized carbons (Fsp3) is 0.550. The van der Waals surface area contributed by atoms with E-state index >= 15 is 0 Å². The maximum Gasteiger partial charge on any atom is 0.433 e. The normalized spacial score (nSPS) is 21.4. The van der Waals surface area contributed by atoms with Crippen molar-refractivity contribution in [3.8, 4) is 0 Å². The Morgan fingerprint density at radius 2 is 1.59 bits per heavy atom. The number of aliphatic hydroxyl groups is 1. The van der Waals surface area contributed by atoms with Gasteiger partial charge < -0.3 is 14.6 Å². The number of Topliss-reactive ketones (excluding diaryl/α,β-unsaturated/α-hetero) is 2. The standard InChI is InChI=1S/C20H19F6NO5/c21-19(22,23)9-32-6-5-31-8-13-12(3-4-14(27-13)20(24,25)26)18(30)15-16(28)10-1-2-11(7-10)17(15)29/h3-4,10-11,30H,1-2,5-9H2. The van der Waals surface area contributed by atoms with Crippen LogP contribution >= 0.6 is 0 Å². The summed E-state index contributed by atoms with van der Waals surface area (Å²) in [5, 5.41) is 10.7. The maximum atomic E-state index is 13.1. The first-order valence-corrected chi connectivity index (χ1v) is 9.70. The number of carbonyl (C=O) groups excluding carboxylic acids is 2. The van der Waals surface area contributed by atoms with Gasteiger partial charge in [0, 0.05) is 17.4 Å². The number of hydrogen-bond acceptors (Lipinski definition) is 6. The van der Waals surface area contributed by atoms with Gasteiger partial charge >= 0.3 is 12.4 Å². The van der Waals surface area contributed by atoms with E-state index in [1.807, 2.05) is 0 Å². The zero-order valence-electron chi connectivity index (χ0n) is 16.6. The Hall–Kier alpha value is -2.47. The van der Waals surface area contributed by atoms with E-state index in [0.717, 1.165) is 6.07 Å². The van der Waals surface area contributed by atoms with Crippen LogP contribution in [0.5, 0.6) is 0 Å². The Morgan fingerprint density at radius 3 is 2.16 bits per heavy atom. The summed E-state index contributed by atoms with van der Waals surface area (Å²) < 4.78 is 84.8. The Morgan fingerprint density at radius 1 is 1.00 bits per heavy atom. The first-order chi connectivity index (χ1) is 14.9. The van der Waals surface area contributed by atoms with E-state index in [4.69, 9.17) is 4.74 Å². The summed E-state index contributed by atoms with van der Waals surface area (Å²) in [5.74, 6) is -2.75. The number of ether oxygens (including phenoxy) is 2. The molecule has 0 saturated heterocycles. The summed E-state index contributed by atoms with van der Waals surface area (Å²) in [5.41, 5.74) is -2.46. The van der Waals surface area contributed by atoms with Crippen LogP contribution in [0, 0.1) is 11.8 Å². The van der Waals surface area contributed by atoms with Gasteiger partial charge in [0.15, 0.2) is 11.6 Å². The lowest BCUT2D eigenvalue weighted by atomic mass is 9.81. The molecule has 6 nitrogen and oxygen atoms in total. The minimum absolute atomic E-state index is 0.285. The van der Waals surface area contributed by atoms with Gasteiger partial charge in [-0.15, -0.1) is 0 Å². The highest BCUT2D eigenvalue weighted by atomic mass is 19.4. The van der Waals surface area contributed by atoms with Crippen molar-refractivity contribution < 1.29 is 50.5 Å². The zero-order valence-corrected chi connectivity index (χ0v) is 16.6. The van der Waals surface area contributed by atoms with Gasteiger partial charge in [0.25, 0.3) is 0 Å². The topological polar surface area (TPSA) is 85.7 Å². The molecule has 0 aliphatic heterocycles. The molecular formula is C20H19F6NO5. The van der Waals surface area contributed by atoms with E-state index in [2.05, 4.69) is 9.72 Å². The molecule has 1 heterocycles. The minimum atomic E-state index is -4.82. The van der Waals surface area contributed by atoms with Gasteiger partial charge in [-0.3, -0.25) is 9.59 Å². The van der Waals surface area contributed by atoms with Crippen molar-refractivity contribution in [2.45, 2.75) is 38.2 Å². The summed E-state index contributed by atoms with van der Waals surface area (Å²) in [6.45, 7) is -3.02. The zero-order chi connectivity index (χ0) is 23.7. The van der Waals surface area contributed by atoms with Crippen LogP contribution in [0.25, 0.3) is 5.76 Å². The largest absolute Gasteiger partial charge is 0.506 e. The number of fused-ring (bicyclic) bond motifs is 2. The highest BCUT2D eigenvalue weighted by Crippen LogP contribution is 2.42. The van der Waals surface area contributed by atoms with Crippen LogP contribution in [-0.2, 0) is 31.8 Å². The van der Waals surface area contributed by atoms with Gasteiger partial charge in [-0.25, -0.2) is 4.98 Å². The molecule has 2 bridgehead atoms. The van der Waals surface area contributed by atoms with Crippen molar-refractivity contribution in [1.29, 1.82) is 0 Å². The Labute approximate surface area is 178 Å². The monoisotopic (exact) mass is 467 g/mol. The quantitative estimate of drug-likeness (QED) is 0.214. The summed E-state index contributed by atoms with van der Waals surface area (Å²) in [6.07, 6.45) is -7.99. The van der Waals surface area contributed by atoms with Crippen LogP contribution in [0.1, 0.15) is 36.2 Å². The highest BCUT2D eigenvalue weighted by Gasteiger charge is 2.45. The average Bonchev–Trinajstić information content (AvgIpc) is 3.15. The predicted molar refractivity (Wildman–Crippen MR) is 96.2 cm³/mol. The molecule has 2 atom stereocenters. The number of pyridine rings is 1. The molecule has 2 fully saturated rings. The number of ketones is 2. The van der Waals surface area contributed by atoms with E-state index < -0.39 is 84.9 Å². The van der Waals surface area contributed by atoms with Gasteiger partial charge in [0.05, 0.1) is 25.5 Å². The lowest BCUT2D eigenvalue weighted by Gasteiger charge is -2.21. The first-order valence-electron chi connectivity index (χ1n) is 9.70. The molecule has 2 aliphatic rings. The molecule has 176 valence electrons. The van der Waals surface area contributed by atoms with Crippen LogP contribution in [0.3, 0.4) is 0 Å². The summed E-state index contributed by atoms with van der Waals surface area (Å²) >= 11 is 0. The van der Waals surface area contributed by atoms with Crippen molar-refractivity contribution in [3.05, 3.63) is 34.7 Å². The van der Waals surface area contributed by atoms with Crippen molar-refractivity contribution in [2.75, 3.05) is 19.8 Å². The van der Waals surface area contributed by atoms with Gasteiger partial charge in [0.2, 0.25) is 0 Å². The molecule has 2 aliphatic carbocycles. The number of hydrogen-bond donors (Lipinski definition) is 1. The number of rotatable bonds is 7. The van der Waals surface area contributed by atoms with E-state index in [1.54, 1.807) is 0 Å². The molecule has 0 spiro atoms. The lowest BCUT2D eigenvalue weighted by Crippen LogP contribution is -2.30. The molecule has 1 aromatic rings. The van der Waals surface area contributed by atoms with E-state index in [0.29, 0.717) is 25.3 Å². The predicted octanol–water partition coefficient (Wildman–Crippen LogP) is 4.03. The van der Waals surface area contributed by atoms with Crippen molar-refractivity contribution in [2.24, 2.45) is 11.8 Å². The van der Waals surface area contributed by atoms with Crippen molar-refractivity contribution in [1.82, 2.24) is 4.98 Å². The molecule has 0 radical (unpaired) electrons. The molecule has 2 saturated carbocycles. The summed E-state index contributed by atoms with van der Waals surface area (Å²) in [7, 11) is 0. The van der Waals surface area contributed by atoms with Gasteiger partial charge in [-0.2, -0.15) is 26.3 Å². The molecular weight excluding hydrogens is 448 g/mol. The second-order valence-electron chi connectivity index (χ2n) is 7.57. The molecule has 3 rings (SSSR count). The lowest BCUT2D eigenvalue weighted by molar-refractivity contribution is -0.176. The Balaban J connectivity index is 1.84. The fourth-order valence-corrected chi connectivity index (χ4v) is 3.81. The molecule has 0 aromatic carbocycles. The van der Waals surface area contributed by atoms with Crippen molar-refractivity contribution >= 4 is 17.3 Å². The van der Waals surface area contributed by atoms with Gasteiger partial charge in [0.1, 0.15) is 23.6 Å². The van der Waals surface area contributed by atoms with Gasteiger partial charge in [-0.1, -0.05) is 0 Å². The van der Waals surface area contributed by atoms with Crippen LogP contribution in [0.2, 0.25) is 0 Å². The van der Waals surface area contributed by atoms with Crippen LogP contribution in [0.15, 0.2) is 17.7 Å². The van der Waals surface area contributed by atoms with E-state index in [9.17, 15) is 41.0 Å². The number of aliphatic hydroxyl groups excluding tert-OH is 1. The molecule has 12 heteroatoms. The second-order valence-corrected chi connectivity index (χ2v) is 7.57. The molecule has 32 heavy (non-hydrogen) atoms. The highest BCUT2D eigenvalue weighted by molar-refractivity contribution is 6.27. The van der Waals surface area contributed by atoms with Crippen LogP contribution in [-0.4, -0.2) is 47.7 Å². The van der Waals surface area contributed by atoms with Crippen molar-refractivity contribution in [3.63, 3.8) is 0 Å². The Bertz CT molecular complexity index is 900. The van der Waals surface area contributed by atoms with E-state index in [1.165, 1.54) is 0 Å². The summed E-state index contributed by atoms with van der Waals surface area (Å²) in [6, 6.07) is 1.47. The van der Waals surface area contributed by atoms with Crippen LogP contribution < -0.4 is 0 Å². The minimum Gasteiger partial charge on any atom is -0.506 e. The number of halogens is 6. The van der Waals surface area contributed by atoms with Crippen LogP contribution in [0.4, 0.5) is 26.3 Å². The smallest absolute Gasteiger partial charge is 0.433 e. The van der Waals surface area contributed by atoms with Gasteiger partial charge in [-0.05, 0) is 31.4 Å². The SMILES string of the molecule is O=C1C(=C(O)c2ccc(C(F)(F)F)nc2COCCOCC(F)(F)F)C(=O)C2CCC1C2. The summed E-state index contributed by atoms with van der Waals surface area (Å²) in [4.78, 5) is 28.6. The number of carbonyl (C=O) groups is 2. The maximum absolute atomic E-state index is 13.1. The third-order valence-electron chi connectivity index (χ3n) is 5.30. The molecule has 2 unspecified atom stereocenters. The van der Waals surface area contributed by atoms with E-state index in [-0.39, 0.29) is 5.56 Å². The molecule has 1 aromatic heterocycles. The number of nitrogens with zero attached hydrogens (tertiary/aromatic N) is 1. The fourth-order valence-electron chi connectivity index (χ4n) is 3.81. The first kappa shape index (κ1) is 24.2.